The fourth-order valence-corrected chi connectivity index (χ4v) is 6.16. The molecule has 0 aliphatic heterocycles. The molecule has 0 bridgehead atoms. The second kappa shape index (κ2) is 7.09. The molecule has 4 aromatic carbocycles. The van der Waals surface area contributed by atoms with Crippen LogP contribution in [0.3, 0.4) is 0 Å². The van der Waals surface area contributed by atoms with Gasteiger partial charge < -0.3 is 30.6 Å². The van der Waals surface area contributed by atoms with Crippen LogP contribution in [-0.4, -0.2) is 30.6 Å². The summed E-state index contributed by atoms with van der Waals surface area (Å²) in [6.07, 6.45) is 0. The smallest absolute Gasteiger partial charge is 0.123 e. The molecule has 4 aromatic rings. The Hall–Kier alpha value is -4.32. The Bertz CT molecular complexity index is 1310. The lowest BCUT2D eigenvalue weighted by Crippen LogP contribution is -2.10. The third-order valence-electron chi connectivity index (χ3n) is 7.30. The number of hydrogen-bond donors (Lipinski definition) is 6. The molecule has 0 radical (unpaired) electrons. The highest BCUT2D eigenvalue weighted by atomic mass is 16.3. The van der Waals surface area contributed by atoms with Gasteiger partial charge in [-0.05, 0) is 58.7 Å². The van der Waals surface area contributed by atoms with Gasteiger partial charge in [-0.3, -0.25) is 0 Å². The average molecular weight is 454 g/mol. The number of hydrogen-bond acceptors (Lipinski definition) is 6. The summed E-state index contributed by atoms with van der Waals surface area (Å²) >= 11 is 0. The Morgan fingerprint density at radius 1 is 0.412 bits per heavy atom. The normalized spacial score (nSPS) is 22.2. The molecule has 170 valence electrons. The van der Waals surface area contributed by atoms with E-state index in [1.54, 1.807) is 60.7 Å². The van der Waals surface area contributed by atoms with E-state index in [2.05, 4.69) is 0 Å². The van der Waals surface area contributed by atoms with E-state index in [1.165, 1.54) is 12.1 Å². The minimum Gasteiger partial charge on any atom is -0.508 e. The summed E-state index contributed by atoms with van der Waals surface area (Å²) in [5, 5.41) is 62.4. The van der Waals surface area contributed by atoms with E-state index in [4.69, 9.17) is 0 Å². The van der Waals surface area contributed by atoms with Gasteiger partial charge in [-0.1, -0.05) is 24.3 Å². The third kappa shape index (κ3) is 2.81. The van der Waals surface area contributed by atoms with E-state index in [0.29, 0.717) is 11.1 Å². The van der Waals surface area contributed by atoms with Gasteiger partial charge in [-0.2, -0.15) is 0 Å². The number of phenolic OH excluding ortho intramolecular Hbond substituents is 6. The van der Waals surface area contributed by atoms with Crippen molar-refractivity contribution in [2.24, 2.45) is 0 Å². The number of fused-ring (bicyclic) bond motifs is 5. The maximum atomic E-state index is 11.0. The minimum absolute atomic E-state index is 0.0356. The van der Waals surface area contributed by atoms with Crippen molar-refractivity contribution < 1.29 is 30.6 Å². The summed E-state index contributed by atoms with van der Waals surface area (Å²) in [6.45, 7) is 0. The van der Waals surface area contributed by atoms with Crippen LogP contribution in [0.5, 0.6) is 34.5 Å². The Labute approximate surface area is 195 Å². The van der Waals surface area contributed by atoms with E-state index >= 15 is 0 Å². The van der Waals surface area contributed by atoms with Crippen molar-refractivity contribution in [2.45, 2.75) is 23.7 Å². The van der Waals surface area contributed by atoms with Gasteiger partial charge in [0.05, 0.1) is 0 Å². The van der Waals surface area contributed by atoms with E-state index in [1.807, 2.05) is 0 Å². The summed E-state index contributed by atoms with van der Waals surface area (Å²) in [5.74, 6) is -1.20. The van der Waals surface area contributed by atoms with Gasteiger partial charge in [-0.15, -0.1) is 0 Å². The number of rotatable bonds is 2. The molecule has 0 heterocycles. The highest BCUT2D eigenvalue weighted by Gasteiger charge is 2.54. The quantitative estimate of drug-likeness (QED) is 0.251. The highest BCUT2D eigenvalue weighted by Crippen LogP contribution is 2.69. The van der Waals surface area contributed by atoms with Crippen molar-refractivity contribution >= 4 is 0 Å². The molecule has 6 heteroatoms. The third-order valence-corrected chi connectivity index (χ3v) is 7.30. The predicted octanol–water partition coefficient (Wildman–Crippen LogP) is 5.08. The van der Waals surface area contributed by atoms with Gasteiger partial charge in [0.2, 0.25) is 0 Å². The molecule has 2 aliphatic rings. The summed E-state index contributed by atoms with van der Waals surface area (Å²) in [6, 6.07) is 19.5. The van der Waals surface area contributed by atoms with Crippen LogP contribution >= 0.6 is 0 Å². The summed E-state index contributed by atoms with van der Waals surface area (Å²) in [4.78, 5) is 0. The molecule has 0 saturated carbocycles. The molecule has 2 aliphatic carbocycles. The Morgan fingerprint density at radius 2 is 0.765 bits per heavy atom. The molecule has 0 amide bonds. The Morgan fingerprint density at radius 3 is 1.12 bits per heavy atom. The van der Waals surface area contributed by atoms with Gasteiger partial charge >= 0.3 is 0 Å². The second-order valence-corrected chi connectivity index (χ2v) is 9.13. The van der Waals surface area contributed by atoms with Crippen LogP contribution in [0.25, 0.3) is 0 Å². The summed E-state index contributed by atoms with van der Waals surface area (Å²) in [7, 11) is 0. The molecule has 0 unspecified atom stereocenters. The first-order valence-corrected chi connectivity index (χ1v) is 11.0. The molecule has 0 aromatic heterocycles. The van der Waals surface area contributed by atoms with E-state index in [9.17, 15) is 30.6 Å². The Kier molecular flexibility index (Phi) is 4.23. The summed E-state index contributed by atoms with van der Waals surface area (Å²) in [5.41, 5.74) is 4.57. The van der Waals surface area contributed by atoms with Crippen LogP contribution in [0.1, 0.15) is 57.1 Å². The number of benzene rings is 4. The van der Waals surface area contributed by atoms with Crippen molar-refractivity contribution in [3.8, 4) is 34.5 Å². The lowest BCUT2D eigenvalue weighted by Gasteiger charge is -2.24. The highest BCUT2D eigenvalue weighted by molar-refractivity contribution is 5.68. The van der Waals surface area contributed by atoms with Crippen LogP contribution < -0.4 is 0 Å². The van der Waals surface area contributed by atoms with E-state index in [0.717, 1.165) is 22.3 Å². The molecule has 0 saturated heterocycles. The van der Waals surface area contributed by atoms with Gasteiger partial charge in [0.1, 0.15) is 34.5 Å². The van der Waals surface area contributed by atoms with Crippen molar-refractivity contribution in [2.75, 3.05) is 0 Å². The lowest BCUT2D eigenvalue weighted by molar-refractivity contribution is 0.434. The molecule has 0 spiro atoms. The SMILES string of the molecule is Oc1ccc([C@@H]2c3cc(O)cc(O)c3[C@H]3[C@H](c4ccc(O)cc4)c4cc(O)cc(O)c4[C@@H]23)cc1. The minimum atomic E-state index is -0.324. The first kappa shape index (κ1) is 20.3. The first-order valence-electron chi connectivity index (χ1n) is 11.0. The average Bonchev–Trinajstić information content (AvgIpc) is 3.27. The fourth-order valence-electron chi connectivity index (χ4n) is 6.16. The zero-order valence-corrected chi connectivity index (χ0v) is 17.9. The van der Waals surface area contributed by atoms with E-state index < -0.39 is 0 Å². The summed E-state index contributed by atoms with van der Waals surface area (Å²) < 4.78 is 0. The molecule has 6 rings (SSSR count). The Balaban J connectivity index is 1.67. The van der Waals surface area contributed by atoms with Crippen molar-refractivity contribution in [1.29, 1.82) is 0 Å². The van der Waals surface area contributed by atoms with Crippen molar-refractivity contribution in [3.05, 3.63) is 106 Å². The molecular weight excluding hydrogens is 432 g/mol. The van der Waals surface area contributed by atoms with Crippen LogP contribution in [0, 0.1) is 0 Å². The molecule has 6 N–H and O–H groups in total. The monoisotopic (exact) mass is 454 g/mol. The molecule has 6 nitrogen and oxygen atoms in total. The predicted molar refractivity (Wildman–Crippen MR) is 125 cm³/mol. The topological polar surface area (TPSA) is 121 Å². The molecule has 34 heavy (non-hydrogen) atoms. The molecule has 4 atom stereocenters. The second-order valence-electron chi connectivity index (χ2n) is 9.13. The first-order chi connectivity index (χ1) is 16.3. The zero-order chi connectivity index (χ0) is 23.7. The molecular formula is C28H22O6. The van der Waals surface area contributed by atoms with Crippen LogP contribution in [-0.2, 0) is 0 Å². The van der Waals surface area contributed by atoms with Crippen LogP contribution in [0.2, 0.25) is 0 Å². The van der Waals surface area contributed by atoms with Crippen molar-refractivity contribution in [3.63, 3.8) is 0 Å². The number of aromatic hydroxyl groups is 6. The van der Waals surface area contributed by atoms with Crippen LogP contribution in [0.15, 0.2) is 72.8 Å². The standard InChI is InChI=1S/C28H22O6/c29-15-5-1-13(2-6-15)23-19-9-17(31)11-21(33)25(19)28-24(14-3-7-16(30)8-4-14)20-10-18(32)12-22(34)26(20)27(23)28/h1-12,23-24,27-34H/t23-,24-,27-,28-/m1/s1. The maximum Gasteiger partial charge on any atom is 0.123 e. The van der Waals surface area contributed by atoms with Crippen LogP contribution in [0.4, 0.5) is 0 Å². The van der Waals surface area contributed by atoms with Gasteiger partial charge in [0.15, 0.2) is 0 Å². The maximum absolute atomic E-state index is 11.0. The van der Waals surface area contributed by atoms with Crippen molar-refractivity contribution in [1.82, 2.24) is 0 Å². The van der Waals surface area contributed by atoms with Gasteiger partial charge in [0.25, 0.3) is 0 Å². The lowest BCUT2D eigenvalue weighted by atomic mass is 9.79. The number of phenols is 6. The largest absolute Gasteiger partial charge is 0.508 e. The van der Waals surface area contributed by atoms with Gasteiger partial charge in [-0.25, -0.2) is 0 Å². The fraction of sp³-hybridized carbons (Fsp3) is 0.143. The van der Waals surface area contributed by atoms with E-state index in [-0.39, 0.29) is 58.2 Å². The molecule has 0 fully saturated rings. The van der Waals surface area contributed by atoms with Gasteiger partial charge in [0, 0.05) is 46.9 Å². The zero-order valence-electron chi connectivity index (χ0n) is 17.9.